The second-order valence-corrected chi connectivity index (χ2v) is 9.55. The van der Waals surface area contributed by atoms with Gasteiger partial charge in [-0.05, 0) is 75.3 Å². The number of nitrogens with zero attached hydrogens (tertiary/aromatic N) is 2. The molecule has 2 aromatic carbocycles. The van der Waals surface area contributed by atoms with Crippen LogP contribution in [0.4, 0.5) is 0 Å². The fourth-order valence-electron chi connectivity index (χ4n) is 5.21. The van der Waals surface area contributed by atoms with Crippen LogP contribution in [0.3, 0.4) is 0 Å². The first-order valence-electron chi connectivity index (χ1n) is 13.5. The number of rotatable bonds is 11. The van der Waals surface area contributed by atoms with Crippen molar-refractivity contribution in [2.75, 3.05) is 39.4 Å². The van der Waals surface area contributed by atoms with E-state index in [-0.39, 0.29) is 17.4 Å². The predicted octanol–water partition coefficient (Wildman–Crippen LogP) is 4.57. The molecule has 38 heavy (non-hydrogen) atoms. The molecule has 2 unspecified atom stereocenters. The van der Waals surface area contributed by atoms with Gasteiger partial charge in [0.1, 0.15) is 17.6 Å². The first-order valence-corrected chi connectivity index (χ1v) is 13.5. The minimum atomic E-state index is -0.760. The van der Waals surface area contributed by atoms with Gasteiger partial charge in [0.05, 0.1) is 24.8 Å². The van der Waals surface area contributed by atoms with Crippen LogP contribution in [0.15, 0.2) is 42.0 Å². The normalized spacial score (nSPS) is 20.1. The third kappa shape index (κ3) is 5.36. The maximum Gasteiger partial charge on any atom is 0.295 e. The van der Waals surface area contributed by atoms with Crippen molar-refractivity contribution in [1.82, 2.24) is 9.80 Å². The third-order valence-electron chi connectivity index (χ3n) is 7.14. The van der Waals surface area contributed by atoms with Crippen molar-refractivity contribution in [3.63, 3.8) is 0 Å². The maximum atomic E-state index is 13.5. The first kappa shape index (κ1) is 27.5. The molecule has 2 atom stereocenters. The van der Waals surface area contributed by atoms with Crippen LogP contribution >= 0.6 is 0 Å². The molecule has 2 aromatic rings. The summed E-state index contributed by atoms with van der Waals surface area (Å²) in [6, 6.07) is 10.1. The second kappa shape index (κ2) is 11.9. The number of hydrogen-bond donors (Lipinski definition) is 1. The van der Waals surface area contributed by atoms with E-state index in [4.69, 9.17) is 14.2 Å². The number of fused-ring (bicyclic) bond motifs is 1. The van der Waals surface area contributed by atoms with Crippen LogP contribution in [0.1, 0.15) is 57.4 Å². The van der Waals surface area contributed by atoms with Crippen molar-refractivity contribution in [3.05, 3.63) is 58.7 Å². The lowest BCUT2D eigenvalue weighted by atomic mass is 9.94. The number of Topliss-reactive ketones (excluding diaryl/α,β-unsaturated/α-hetero) is 1. The van der Waals surface area contributed by atoms with Gasteiger partial charge in [0.2, 0.25) is 0 Å². The number of carbonyl (C=O) groups is 2. The van der Waals surface area contributed by atoms with Gasteiger partial charge >= 0.3 is 0 Å². The topological polar surface area (TPSA) is 88.5 Å². The second-order valence-electron chi connectivity index (χ2n) is 9.55. The molecule has 2 aliphatic heterocycles. The summed E-state index contributed by atoms with van der Waals surface area (Å²) in [4.78, 5) is 30.6. The lowest BCUT2D eigenvalue weighted by molar-refractivity contribution is -0.140. The summed E-state index contributed by atoms with van der Waals surface area (Å²) in [5.74, 6) is 0.402. The molecule has 2 aliphatic rings. The van der Waals surface area contributed by atoms with Crippen molar-refractivity contribution < 1.29 is 28.9 Å². The number of benzene rings is 2. The van der Waals surface area contributed by atoms with Crippen molar-refractivity contribution in [2.24, 2.45) is 0 Å². The van der Waals surface area contributed by atoms with Gasteiger partial charge in [0.25, 0.3) is 11.7 Å². The number of likely N-dealkylation sites (N-methyl/N-ethyl adjacent to an activating group) is 1. The lowest BCUT2D eigenvalue weighted by Gasteiger charge is -2.28. The number of likely N-dealkylation sites (tertiary alicyclic amines) is 1. The highest BCUT2D eigenvalue weighted by Crippen LogP contribution is 2.42. The van der Waals surface area contributed by atoms with E-state index in [1.54, 1.807) is 23.1 Å². The van der Waals surface area contributed by atoms with E-state index in [2.05, 4.69) is 18.7 Å². The molecule has 1 fully saturated rings. The van der Waals surface area contributed by atoms with Gasteiger partial charge in [-0.25, -0.2) is 0 Å². The van der Waals surface area contributed by atoms with Gasteiger partial charge in [-0.2, -0.15) is 0 Å². The molecule has 1 saturated heterocycles. The average molecular weight is 523 g/mol. The van der Waals surface area contributed by atoms with Crippen LogP contribution in [0.2, 0.25) is 0 Å². The number of amides is 1. The van der Waals surface area contributed by atoms with Crippen molar-refractivity contribution in [2.45, 2.75) is 53.2 Å². The number of carbonyl (C=O) groups excluding carboxylic acids is 2. The molecule has 204 valence electrons. The molecule has 0 aliphatic carbocycles. The Hall–Kier alpha value is -3.52. The van der Waals surface area contributed by atoms with Gasteiger partial charge in [-0.1, -0.05) is 19.9 Å². The largest absolute Gasteiger partial charge is 0.507 e. The molecular formula is C30H38N2O6. The summed E-state index contributed by atoms with van der Waals surface area (Å²) in [5, 5.41) is 11.5. The molecular weight excluding hydrogens is 484 g/mol. The summed E-state index contributed by atoms with van der Waals surface area (Å²) in [5.41, 5.74) is 2.21. The Labute approximate surface area is 224 Å². The number of hydrogen-bond acceptors (Lipinski definition) is 7. The SMILES string of the molecule is CCOc1ccc(C2/C(=C(/O)c3ccc4c(c3)CC(C)O4)C(=O)C(=O)N2CCN(CC)CC)cc1OCC. The Balaban J connectivity index is 1.82. The fraction of sp³-hybridized carbons (Fsp3) is 0.467. The van der Waals surface area contributed by atoms with Crippen LogP contribution in [0.25, 0.3) is 5.76 Å². The summed E-state index contributed by atoms with van der Waals surface area (Å²) < 4.78 is 17.4. The van der Waals surface area contributed by atoms with Gasteiger partial charge in [-0.15, -0.1) is 0 Å². The quantitative estimate of drug-likeness (QED) is 0.263. The number of ketones is 1. The molecule has 0 saturated carbocycles. The molecule has 1 N–H and O–H groups in total. The van der Waals surface area contributed by atoms with E-state index >= 15 is 0 Å². The molecule has 0 aromatic heterocycles. The van der Waals surface area contributed by atoms with Crippen molar-refractivity contribution in [1.29, 1.82) is 0 Å². The summed E-state index contributed by atoms with van der Waals surface area (Å²) in [6.45, 7) is 13.4. The van der Waals surface area contributed by atoms with E-state index in [0.717, 1.165) is 24.4 Å². The van der Waals surface area contributed by atoms with E-state index in [0.29, 0.717) is 55.4 Å². The van der Waals surface area contributed by atoms with Crippen LogP contribution in [-0.2, 0) is 16.0 Å². The molecule has 0 bridgehead atoms. The Morgan fingerprint density at radius 1 is 1.03 bits per heavy atom. The van der Waals surface area contributed by atoms with E-state index in [1.165, 1.54) is 0 Å². The number of aliphatic hydroxyl groups excluding tert-OH is 1. The smallest absolute Gasteiger partial charge is 0.295 e. The molecule has 0 radical (unpaired) electrons. The molecule has 8 heteroatoms. The zero-order chi connectivity index (χ0) is 27.4. The Kier molecular flexibility index (Phi) is 8.62. The Morgan fingerprint density at radius 2 is 1.74 bits per heavy atom. The Morgan fingerprint density at radius 3 is 2.42 bits per heavy atom. The highest BCUT2D eigenvalue weighted by Gasteiger charge is 2.46. The molecule has 8 nitrogen and oxygen atoms in total. The van der Waals surface area contributed by atoms with Crippen molar-refractivity contribution >= 4 is 17.4 Å². The first-order chi connectivity index (χ1) is 18.3. The summed E-state index contributed by atoms with van der Waals surface area (Å²) >= 11 is 0. The fourth-order valence-corrected chi connectivity index (χ4v) is 5.21. The van der Waals surface area contributed by atoms with Gasteiger partial charge in [0.15, 0.2) is 11.5 Å². The highest BCUT2D eigenvalue weighted by molar-refractivity contribution is 6.46. The predicted molar refractivity (Wildman–Crippen MR) is 146 cm³/mol. The minimum Gasteiger partial charge on any atom is -0.507 e. The minimum absolute atomic E-state index is 0.0499. The van der Waals surface area contributed by atoms with Crippen LogP contribution < -0.4 is 14.2 Å². The third-order valence-corrected chi connectivity index (χ3v) is 7.14. The van der Waals surface area contributed by atoms with E-state index < -0.39 is 17.7 Å². The number of aliphatic hydroxyl groups is 1. The monoisotopic (exact) mass is 522 g/mol. The maximum absolute atomic E-state index is 13.5. The van der Waals surface area contributed by atoms with Crippen LogP contribution in [-0.4, -0.2) is 72.1 Å². The van der Waals surface area contributed by atoms with Gasteiger partial charge < -0.3 is 29.1 Å². The molecule has 4 rings (SSSR count). The molecule has 0 spiro atoms. The van der Waals surface area contributed by atoms with Gasteiger partial charge in [0, 0.05) is 25.1 Å². The average Bonchev–Trinajstić information content (AvgIpc) is 3.41. The highest BCUT2D eigenvalue weighted by atomic mass is 16.5. The Bertz CT molecular complexity index is 1220. The van der Waals surface area contributed by atoms with Gasteiger partial charge in [-0.3, -0.25) is 9.59 Å². The van der Waals surface area contributed by atoms with Crippen LogP contribution in [0, 0.1) is 0 Å². The zero-order valence-electron chi connectivity index (χ0n) is 23.0. The zero-order valence-corrected chi connectivity index (χ0v) is 23.0. The summed E-state index contributed by atoms with van der Waals surface area (Å²) in [6.07, 6.45) is 0.767. The van der Waals surface area contributed by atoms with Crippen molar-refractivity contribution in [3.8, 4) is 17.2 Å². The number of ether oxygens (including phenoxy) is 3. The summed E-state index contributed by atoms with van der Waals surface area (Å²) in [7, 11) is 0. The van der Waals surface area contributed by atoms with Crippen LogP contribution in [0.5, 0.6) is 17.2 Å². The standard InChI is InChI=1S/C30H38N2O6/c1-6-31(7-2)14-15-32-27(20-10-13-24(36-8-3)25(18-20)37-9-4)26(29(34)30(32)35)28(33)21-11-12-23-22(17-21)16-19(5)38-23/h10-13,17-19,27,33H,6-9,14-16H2,1-5H3/b28-26-. The molecule has 2 heterocycles. The van der Waals surface area contributed by atoms with E-state index in [1.807, 2.05) is 39.0 Å². The molecule has 1 amide bonds. The van der Waals surface area contributed by atoms with E-state index in [9.17, 15) is 14.7 Å². The lowest BCUT2D eigenvalue weighted by Crippen LogP contribution is -2.38.